The van der Waals surface area contributed by atoms with E-state index in [1.807, 2.05) is 0 Å². The summed E-state index contributed by atoms with van der Waals surface area (Å²) in [5, 5.41) is 5.48. The largest absolute Gasteiger partial charge is 0.126 e. The minimum Gasteiger partial charge on any atom is -0.126 e. The van der Waals surface area contributed by atoms with Gasteiger partial charge in [0.2, 0.25) is 0 Å². The molecule has 0 N–H and O–H groups in total. The van der Waals surface area contributed by atoms with Crippen molar-refractivity contribution < 1.29 is 26.2 Å². The first kappa shape index (κ1) is 15.7. The number of rotatable bonds is 2. The summed E-state index contributed by atoms with van der Waals surface area (Å²) in [6.07, 6.45) is 15.5. The Morgan fingerprint density at radius 3 is 2.25 bits per heavy atom. The van der Waals surface area contributed by atoms with Crippen LogP contribution in [-0.2, 0) is 26.2 Å². The van der Waals surface area contributed by atoms with E-state index in [4.69, 9.17) is 0 Å². The Hall–Kier alpha value is -1.85. The fourth-order valence-corrected chi connectivity index (χ4v) is 3.93. The zero-order valence-corrected chi connectivity index (χ0v) is 15.9. The smallest absolute Gasteiger partial charge is 0 e. The Bertz CT molecular complexity index is 1050. The van der Waals surface area contributed by atoms with Gasteiger partial charge in [0.1, 0.15) is 0 Å². The molecule has 0 amide bonds. The summed E-state index contributed by atoms with van der Waals surface area (Å²) < 4.78 is 0. The van der Waals surface area contributed by atoms with Crippen LogP contribution in [0.1, 0.15) is 24.0 Å². The van der Waals surface area contributed by atoms with Gasteiger partial charge in [-0.1, -0.05) is 60.7 Å². The molecule has 3 aromatic carbocycles. The van der Waals surface area contributed by atoms with Crippen molar-refractivity contribution in [1.82, 2.24) is 0 Å². The van der Waals surface area contributed by atoms with Crippen LogP contribution in [0.4, 0.5) is 0 Å². The molecule has 0 aromatic heterocycles. The van der Waals surface area contributed by atoms with Crippen molar-refractivity contribution in [3.63, 3.8) is 0 Å². The third-order valence-electron chi connectivity index (χ3n) is 4.99. The van der Waals surface area contributed by atoms with Crippen molar-refractivity contribution in [3.05, 3.63) is 90.0 Å². The molecule has 0 unspecified atom stereocenters. The third kappa shape index (κ3) is 2.34. The summed E-state index contributed by atoms with van der Waals surface area (Å²) in [4.78, 5) is 0. The summed E-state index contributed by atoms with van der Waals surface area (Å²) in [6, 6.07) is 15.7. The summed E-state index contributed by atoms with van der Waals surface area (Å²) in [6.45, 7) is 0. The molecule has 114 valence electrons. The molecule has 0 saturated heterocycles. The van der Waals surface area contributed by atoms with Crippen LogP contribution in [0.15, 0.2) is 78.9 Å². The van der Waals surface area contributed by atoms with E-state index in [2.05, 4.69) is 78.9 Å². The predicted molar refractivity (Wildman–Crippen MR) is 101 cm³/mol. The number of hydrogen-bond acceptors (Lipinski definition) is 0. The Kier molecular flexibility index (Phi) is 4.06. The standard InChI is InChI=1S/C23H17.Zr/c1-2-8-16(7-1)21-14-13-19-15-18-11-5-6-12-20(18)23(19)22(21)17-9-3-4-10-17;/h1-7,9,11-15H,8,10H2;/q-1;. The van der Waals surface area contributed by atoms with Gasteiger partial charge in [-0.05, 0) is 35.1 Å². The maximum Gasteiger partial charge on any atom is 0 e. The van der Waals surface area contributed by atoms with Crippen molar-refractivity contribution in [1.29, 1.82) is 0 Å². The molecule has 5 rings (SSSR count). The van der Waals surface area contributed by atoms with Gasteiger partial charge < -0.3 is 0 Å². The van der Waals surface area contributed by atoms with Gasteiger partial charge in [0.25, 0.3) is 0 Å². The van der Waals surface area contributed by atoms with Gasteiger partial charge in [0, 0.05) is 26.2 Å². The Morgan fingerprint density at radius 2 is 1.50 bits per heavy atom. The Morgan fingerprint density at radius 1 is 0.750 bits per heavy atom. The first-order chi connectivity index (χ1) is 11.4. The second kappa shape index (κ2) is 6.22. The molecule has 0 aliphatic heterocycles. The normalized spacial score (nSPS) is 15.8. The molecule has 0 radical (unpaired) electrons. The van der Waals surface area contributed by atoms with Gasteiger partial charge in [0.15, 0.2) is 0 Å². The van der Waals surface area contributed by atoms with Gasteiger partial charge in [-0.3, -0.25) is 0 Å². The number of allylic oxidation sites excluding steroid dienone is 8. The molecule has 0 saturated carbocycles. The van der Waals surface area contributed by atoms with E-state index < -0.39 is 0 Å². The van der Waals surface area contributed by atoms with E-state index in [1.165, 1.54) is 43.8 Å². The van der Waals surface area contributed by atoms with Gasteiger partial charge in [-0.2, -0.15) is 0 Å². The van der Waals surface area contributed by atoms with Crippen LogP contribution in [0.3, 0.4) is 0 Å². The molecule has 2 aliphatic carbocycles. The molecule has 0 spiro atoms. The van der Waals surface area contributed by atoms with E-state index >= 15 is 0 Å². The Balaban J connectivity index is 0.00000146. The van der Waals surface area contributed by atoms with Gasteiger partial charge in [-0.25, -0.2) is 0 Å². The van der Waals surface area contributed by atoms with Crippen LogP contribution in [0.5, 0.6) is 0 Å². The summed E-state index contributed by atoms with van der Waals surface area (Å²) >= 11 is 0. The van der Waals surface area contributed by atoms with E-state index in [0.29, 0.717) is 0 Å². The average molecular weight is 385 g/mol. The molecule has 24 heavy (non-hydrogen) atoms. The number of fused-ring (bicyclic) bond motifs is 3. The second-order valence-electron chi connectivity index (χ2n) is 6.33. The zero-order valence-electron chi connectivity index (χ0n) is 13.4. The summed E-state index contributed by atoms with van der Waals surface area (Å²) in [5.74, 6) is 0. The molecule has 0 atom stereocenters. The molecule has 1 heteroatoms. The fourth-order valence-electron chi connectivity index (χ4n) is 3.93. The van der Waals surface area contributed by atoms with Crippen LogP contribution < -0.4 is 0 Å². The van der Waals surface area contributed by atoms with Crippen LogP contribution in [-0.4, -0.2) is 0 Å². The van der Waals surface area contributed by atoms with Crippen LogP contribution in [0.2, 0.25) is 0 Å². The molecular formula is C23H17Zr-. The van der Waals surface area contributed by atoms with E-state index in [0.717, 1.165) is 12.8 Å². The van der Waals surface area contributed by atoms with Crippen molar-refractivity contribution >= 4 is 32.7 Å². The Labute approximate surface area is 161 Å². The average Bonchev–Trinajstić information content (AvgIpc) is 3.33. The fraction of sp³-hybridized carbons (Fsp3) is 0.0870. The third-order valence-corrected chi connectivity index (χ3v) is 4.99. The van der Waals surface area contributed by atoms with Gasteiger partial charge >= 0.3 is 0 Å². The van der Waals surface area contributed by atoms with E-state index in [9.17, 15) is 0 Å². The quantitative estimate of drug-likeness (QED) is 0.449. The molecule has 0 fully saturated rings. The molecule has 0 heterocycles. The van der Waals surface area contributed by atoms with Crippen LogP contribution >= 0.6 is 0 Å². The monoisotopic (exact) mass is 383 g/mol. The molecular weight excluding hydrogens is 367 g/mol. The molecule has 0 bridgehead atoms. The predicted octanol–water partition coefficient (Wildman–Crippen LogP) is 6.40. The van der Waals surface area contributed by atoms with Crippen molar-refractivity contribution in [3.8, 4) is 0 Å². The number of benzene rings is 2. The minimum atomic E-state index is 0. The molecule has 0 nitrogen and oxygen atoms in total. The summed E-state index contributed by atoms with van der Waals surface area (Å²) in [5.41, 5.74) is 5.70. The maximum atomic E-state index is 2.32. The topological polar surface area (TPSA) is 0 Å². The first-order valence-corrected chi connectivity index (χ1v) is 8.25. The molecule has 3 aromatic rings. The van der Waals surface area contributed by atoms with E-state index in [-0.39, 0.29) is 26.2 Å². The van der Waals surface area contributed by atoms with Gasteiger partial charge in [0.05, 0.1) is 0 Å². The number of hydrogen-bond donors (Lipinski definition) is 0. The maximum absolute atomic E-state index is 2.32. The minimum absolute atomic E-state index is 0. The van der Waals surface area contributed by atoms with Crippen molar-refractivity contribution in [2.45, 2.75) is 12.8 Å². The van der Waals surface area contributed by atoms with Crippen LogP contribution in [0.25, 0.3) is 32.7 Å². The zero-order chi connectivity index (χ0) is 15.2. The van der Waals surface area contributed by atoms with Gasteiger partial charge in [-0.15, -0.1) is 39.7 Å². The summed E-state index contributed by atoms with van der Waals surface area (Å²) in [7, 11) is 0. The van der Waals surface area contributed by atoms with Crippen molar-refractivity contribution in [2.75, 3.05) is 0 Å². The first-order valence-electron chi connectivity index (χ1n) is 8.25. The van der Waals surface area contributed by atoms with Crippen LogP contribution in [0, 0.1) is 0 Å². The van der Waals surface area contributed by atoms with Crippen molar-refractivity contribution in [2.24, 2.45) is 0 Å². The van der Waals surface area contributed by atoms with E-state index in [1.54, 1.807) is 0 Å². The SMILES string of the molecule is C1=CCC(c2ccc3[cH-]c4ccccc4c3c2C2=CC=CC2)=C1.[Zr]. The molecule has 2 aliphatic rings. The second-order valence-corrected chi connectivity index (χ2v) is 6.33.